The Balaban J connectivity index is 1.61. The fourth-order valence-corrected chi connectivity index (χ4v) is 6.18. The van der Waals surface area contributed by atoms with E-state index in [4.69, 9.17) is 0 Å². The summed E-state index contributed by atoms with van der Waals surface area (Å²) in [7, 11) is 0. The van der Waals surface area contributed by atoms with Gasteiger partial charge in [0.25, 0.3) is 0 Å². The Hall–Kier alpha value is -1.02. The van der Waals surface area contributed by atoms with Gasteiger partial charge in [-0.05, 0) is 12.0 Å². The standard InChI is InChI=1S/C23H38N3O3/c1-18-13-21-22(28)14-20(23(29)17-27)25-8-7-24(15-19-5-3-2-4-6-19)9-11-26(21,16-18)12-10-25/h2-6,18,20-23,27-29H,7-17H2,1H3/q+1/t18?,20-,21-,22+,23-,26?/m1/s1. The van der Waals surface area contributed by atoms with Crippen molar-refractivity contribution in [2.45, 2.75) is 50.6 Å². The van der Waals surface area contributed by atoms with Crippen LogP contribution in [-0.2, 0) is 6.54 Å². The number of aliphatic hydroxyl groups is 3. The monoisotopic (exact) mass is 404 g/mol. The maximum atomic E-state index is 11.2. The van der Waals surface area contributed by atoms with Gasteiger partial charge < -0.3 is 19.8 Å². The van der Waals surface area contributed by atoms with E-state index in [-0.39, 0.29) is 18.7 Å². The molecule has 1 spiro atoms. The molecule has 0 radical (unpaired) electrons. The summed E-state index contributed by atoms with van der Waals surface area (Å²) in [6.45, 7) is 10.0. The van der Waals surface area contributed by atoms with Crippen molar-refractivity contribution in [3.8, 4) is 0 Å². The van der Waals surface area contributed by atoms with Gasteiger partial charge in [0.05, 0.1) is 32.3 Å². The summed E-state index contributed by atoms with van der Waals surface area (Å²) in [4.78, 5) is 4.88. The normalized spacial score (nSPS) is 39.7. The zero-order valence-corrected chi connectivity index (χ0v) is 17.7. The van der Waals surface area contributed by atoms with Crippen LogP contribution in [0.3, 0.4) is 0 Å². The molecule has 3 N–H and O–H groups in total. The largest absolute Gasteiger partial charge is 0.394 e. The van der Waals surface area contributed by atoms with E-state index in [1.807, 2.05) is 0 Å². The van der Waals surface area contributed by atoms with Crippen molar-refractivity contribution in [1.29, 1.82) is 0 Å². The Morgan fingerprint density at radius 3 is 2.59 bits per heavy atom. The first-order valence-corrected chi connectivity index (χ1v) is 11.3. The number of hydrogen-bond donors (Lipinski definition) is 3. The number of aliphatic hydroxyl groups excluding tert-OH is 3. The second kappa shape index (κ2) is 9.00. The van der Waals surface area contributed by atoms with Gasteiger partial charge in [0, 0.05) is 51.1 Å². The fourth-order valence-electron chi connectivity index (χ4n) is 6.18. The van der Waals surface area contributed by atoms with Gasteiger partial charge >= 0.3 is 0 Å². The highest BCUT2D eigenvalue weighted by molar-refractivity contribution is 5.14. The van der Waals surface area contributed by atoms with Crippen molar-refractivity contribution in [2.24, 2.45) is 5.92 Å². The minimum Gasteiger partial charge on any atom is -0.394 e. The fraction of sp³-hybridized carbons (Fsp3) is 0.739. The van der Waals surface area contributed by atoms with Gasteiger partial charge in [-0.15, -0.1) is 0 Å². The molecule has 2 bridgehead atoms. The highest BCUT2D eigenvalue weighted by Gasteiger charge is 2.51. The van der Waals surface area contributed by atoms with E-state index in [0.717, 1.165) is 63.3 Å². The summed E-state index contributed by atoms with van der Waals surface area (Å²) in [6.07, 6.45) is 0.390. The molecule has 4 rings (SSSR count). The molecular weight excluding hydrogens is 366 g/mol. The first-order chi connectivity index (χ1) is 14.0. The predicted octanol–water partition coefficient (Wildman–Crippen LogP) is 0.516. The number of nitrogens with zero attached hydrogens (tertiary/aromatic N) is 3. The van der Waals surface area contributed by atoms with Crippen molar-refractivity contribution in [2.75, 3.05) is 52.4 Å². The second-order valence-electron chi connectivity index (χ2n) is 9.67. The van der Waals surface area contributed by atoms with Gasteiger partial charge in [0.2, 0.25) is 0 Å². The highest BCUT2D eigenvalue weighted by atomic mass is 16.3. The number of rotatable bonds is 4. The highest BCUT2D eigenvalue weighted by Crippen LogP contribution is 2.37. The van der Waals surface area contributed by atoms with Gasteiger partial charge in [0.15, 0.2) is 0 Å². The lowest BCUT2D eigenvalue weighted by atomic mass is 9.92. The Bertz CT molecular complexity index is 660. The molecule has 3 aliphatic heterocycles. The van der Waals surface area contributed by atoms with Crippen LogP contribution < -0.4 is 0 Å². The Labute approximate surface area is 174 Å². The van der Waals surface area contributed by atoms with Crippen molar-refractivity contribution < 1.29 is 19.8 Å². The lowest BCUT2D eigenvalue weighted by Gasteiger charge is -2.47. The number of benzene rings is 1. The van der Waals surface area contributed by atoms with Gasteiger partial charge in [-0.25, -0.2) is 0 Å². The summed E-state index contributed by atoms with van der Waals surface area (Å²) in [5, 5.41) is 31.4. The second-order valence-corrected chi connectivity index (χ2v) is 9.67. The average molecular weight is 405 g/mol. The van der Waals surface area contributed by atoms with E-state index in [1.165, 1.54) is 5.56 Å². The van der Waals surface area contributed by atoms with Crippen LogP contribution in [0.5, 0.6) is 0 Å². The van der Waals surface area contributed by atoms with Crippen molar-refractivity contribution in [3.63, 3.8) is 0 Å². The molecule has 1 aromatic carbocycles. The maximum Gasteiger partial charge on any atom is 0.116 e. The SMILES string of the molecule is CC1C[C@@H]2[C@@H](O)C[C@H]([C@H](O)CO)N3CCN(Cc4ccccc4)CC[N+]2(CC3)C1. The molecule has 0 aromatic heterocycles. The van der Waals surface area contributed by atoms with Crippen LogP contribution >= 0.6 is 0 Å². The molecular formula is C23H38N3O3+. The van der Waals surface area contributed by atoms with Crippen LogP contribution in [0, 0.1) is 5.92 Å². The molecule has 3 aliphatic rings. The molecule has 1 aromatic rings. The third-order valence-corrected chi connectivity index (χ3v) is 7.70. The van der Waals surface area contributed by atoms with E-state index >= 15 is 0 Å². The van der Waals surface area contributed by atoms with Crippen molar-refractivity contribution >= 4 is 0 Å². The van der Waals surface area contributed by atoms with Crippen molar-refractivity contribution in [3.05, 3.63) is 35.9 Å². The third kappa shape index (κ3) is 4.53. The quantitative estimate of drug-likeness (QED) is 0.639. The Morgan fingerprint density at radius 2 is 1.83 bits per heavy atom. The van der Waals surface area contributed by atoms with Crippen LogP contribution in [0.4, 0.5) is 0 Å². The molecule has 6 heteroatoms. The zero-order chi connectivity index (χ0) is 20.4. The molecule has 3 heterocycles. The number of hydrogen-bond acceptors (Lipinski definition) is 5. The lowest BCUT2D eigenvalue weighted by Crippen LogP contribution is -2.64. The van der Waals surface area contributed by atoms with Gasteiger partial charge in [-0.1, -0.05) is 37.3 Å². The molecule has 3 unspecified atom stereocenters. The Morgan fingerprint density at radius 1 is 1.07 bits per heavy atom. The van der Waals surface area contributed by atoms with Crippen LogP contribution in [0.1, 0.15) is 25.3 Å². The zero-order valence-electron chi connectivity index (χ0n) is 17.7. The van der Waals surface area contributed by atoms with E-state index in [2.05, 4.69) is 47.1 Å². The summed E-state index contributed by atoms with van der Waals surface area (Å²) in [5.74, 6) is 0.616. The van der Waals surface area contributed by atoms with E-state index in [9.17, 15) is 15.3 Å². The molecule has 0 aliphatic carbocycles. The Kier molecular flexibility index (Phi) is 6.59. The summed E-state index contributed by atoms with van der Waals surface area (Å²) < 4.78 is 1.01. The summed E-state index contributed by atoms with van der Waals surface area (Å²) in [6, 6.07) is 10.7. The van der Waals surface area contributed by atoms with Crippen LogP contribution in [0.15, 0.2) is 30.3 Å². The lowest BCUT2D eigenvalue weighted by molar-refractivity contribution is -0.943. The average Bonchev–Trinajstić information content (AvgIpc) is 3.08. The molecule has 162 valence electrons. The van der Waals surface area contributed by atoms with Gasteiger partial charge in [-0.2, -0.15) is 0 Å². The molecule has 0 saturated carbocycles. The number of quaternary nitrogens is 1. The van der Waals surface area contributed by atoms with Crippen LogP contribution in [0.25, 0.3) is 0 Å². The molecule has 3 fully saturated rings. The van der Waals surface area contributed by atoms with E-state index < -0.39 is 12.2 Å². The maximum absolute atomic E-state index is 11.2. The van der Waals surface area contributed by atoms with Crippen molar-refractivity contribution in [1.82, 2.24) is 9.80 Å². The van der Waals surface area contributed by atoms with Crippen LogP contribution in [0.2, 0.25) is 0 Å². The number of fused-ring (bicyclic) bond motifs is 2. The summed E-state index contributed by atoms with van der Waals surface area (Å²) in [5.41, 5.74) is 1.33. The third-order valence-electron chi connectivity index (χ3n) is 7.70. The van der Waals surface area contributed by atoms with Gasteiger partial charge in [0.1, 0.15) is 12.1 Å². The summed E-state index contributed by atoms with van der Waals surface area (Å²) >= 11 is 0. The van der Waals surface area contributed by atoms with Crippen LogP contribution in [-0.4, -0.2) is 106 Å². The predicted molar refractivity (Wildman–Crippen MR) is 113 cm³/mol. The smallest absolute Gasteiger partial charge is 0.116 e. The topological polar surface area (TPSA) is 67.2 Å². The minimum atomic E-state index is -0.799. The first-order valence-electron chi connectivity index (χ1n) is 11.3. The molecule has 29 heavy (non-hydrogen) atoms. The molecule has 0 amide bonds. The van der Waals surface area contributed by atoms with E-state index in [1.54, 1.807) is 0 Å². The van der Waals surface area contributed by atoms with E-state index in [0.29, 0.717) is 12.3 Å². The molecule has 7 atom stereocenters. The molecule has 6 nitrogen and oxygen atoms in total. The van der Waals surface area contributed by atoms with Gasteiger partial charge in [-0.3, -0.25) is 9.80 Å². The minimum absolute atomic E-state index is 0.176. The first kappa shape index (κ1) is 21.2. The molecule has 3 saturated heterocycles.